The Morgan fingerprint density at radius 1 is 0.810 bits per heavy atom. The minimum Gasteiger partial charge on any atom is -0.493 e. The van der Waals surface area contributed by atoms with E-state index in [-0.39, 0.29) is 11.3 Å². The van der Waals surface area contributed by atoms with E-state index in [4.69, 9.17) is 18.9 Å². The lowest BCUT2D eigenvalue weighted by atomic mass is 10.2. The third-order valence-corrected chi connectivity index (χ3v) is 6.55. The van der Waals surface area contributed by atoms with E-state index in [9.17, 15) is 14.4 Å². The molecule has 0 bridgehead atoms. The van der Waals surface area contributed by atoms with Crippen molar-refractivity contribution in [2.24, 2.45) is 5.10 Å². The van der Waals surface area contributed by atoms with Crippen LogP contribution in [0.25, 0.3) is 6.08 Å². The van der Waals surface area contributed by atoms with Gasteiger partial charge in [-0.25, -0.2) is 10.2 Å². The van der Waals surface area contributed by atoms with E-state index in [2.05, 4.69) is 15.8 Å². The van der Waals surface area contributed by atoms with Crippen molar-refractivity contribution in [2.45, 2.75) is 0 Å². The zero-order valence-electron chi connectivity index (χ0n) is 23.0. The molecule has 0 fully saturated rings. The molecule has 4 aromatic rings. The van der Waals surface area contributed by atoms with E-state index in [0.29, 0.717) is 34.1 Å². The van der Waals surface area contributed by atoms with E-state index in [1.165, 1.54) is 51.0 Å². The second kappa shape index (κ2) is 14.3. The number of amides is 2. The van der Waals surface area contributed by atoms with Gasteiger partial charge in [0.1, 0.15) is 11.4 Å². The highest BCUT2D eigenvalue weighted by atomic mass is 32.1. The lowest BCUT2D eigenvalue weighted by Crippen LogP contribution is -2.32. The molecule has 0 unspecified atom stereocenters. The summed E-state index contributed by atoms with van der Waals surface area (Å²) in [6, 6.07) is 21.7. The van der Waals surface area contributed by atoms with E-state index in [1.54, 1.807) is 60.7 Å². The third kappa shape index (κ3) is 7.61. The maximum Gasteiger partial charge on any atom is 0.343 e. The number of hydrazone groups is 1. The first-order valence-electron chi connectivity index (χ1n) is 12.5. The van der Waals surface area contributed by atoms with Gasteiger partial charge in [0.15, 0.2) is 11.5 Å². The predicted molar refractivity (Wildman–Crippen MR) is 159 cm³/mol. The summed E-state index contributed by atoms with van der Waals surface area (Å²) < 4.78 is 21.3. The number of carbonyl (C=O) groups excluding carboxylic acids is 3. The van der Waals surface area contributed by atoms with Gasteiger partial charge in [-0.15, -0.1) is 11.3 Å². The number of nitrogens with one attached hydrogen (secondary N) is 2. The Morgan fingerprint density at radius 2 is 1.50 bits per heavy atom. The van der Waals surface area contributed by atoms with Gasteiger partial charge < -0.3 is 24.3 Å². The summed E-state index contributed by atoms with van der Waals surface area (Å²) in [5.41, 5.74) is 3.72. The highest BCUT2D eigenvalue weighted by Gasteiger charge is 2.18. The van der Waals surface area contributed by atoms with Crippen molar-refractivity contribution in [3.05, 3.63) is 112 Å². The van der Waals surface area contributed by atoms with Crippen LogP contribution in [-0.2, 0) is 4.79 Å². The van der Waals surface area contributed by atoms with Gasteiger partial charge in [-0.2, -0.15) is 5.10 Å². The fraction of sp³-hybridized carbons (Fsp3) is 0.0968. The maximum absolute atomic E-state index is 12.9. The molecule has 0 saturated heterocycles. The third-order valence-electron chi connectivity index (χ3n) is 5.73. The van der Waals surface area contributed by atoms with Crippen LogP contribution < -0.4 is 29.7 Å². The van der Waals surface area contributed by atoms with Crippen LogP contribution in [0, 0.1) is 0 Å². The van der Waals surface area contributed by atoms with Crippen LogP contribution in [-0.4, -0.2) is 45.3 Å². The highest BCUT2D eigenvalue weighted by Crippen LogP contribution is 2.38. The molecule has 214 valence electrons. The molecule has 0 aliphatic heterocycles. The van der Waals surface area contributed by atoms with Crippen LogP contribution in [0.1, 0.15) is 31.2 Å². The van der Waals surface area contributed by atoms with Crippen LogP contribution in [0.2, 0.25) is 0 Å². The first kappa shape index (κ1) is 29.6. The molecule has 0 spiro atoms. The summed E-state index contributed by atoms with van der Waals surface area (Å²) in [4.78, 5) is 39.1. The molecule has 2 N–H and O–H groups in total. The zero-order chi connectivity index (χ0) is 29.9. The number of rotatable bonds is 11. The van der Waals surface area contributed by atoms with Crippen LogP contribution >= 0.6 is 11.3 Å². The van der Waals surface area contributed by atoms with Gasteiger partial charge in [-0.05, 0) is 71.6 Å². The molecule has 2 amide bonds. The van der Waals surface area contributed by atoms with Crippen molar-refractivity contribution in [3.8, 4) is 23.0 Å². The van der Waals surface area contributed by atoms with Crippen molar-refractivity contribution < 1.29 is 33.3 Å². The average molecular weight is 586 g/mol. The number of benzene rings is 3. The Morgan fingerprint density at radius 3 is 2.10 bits per heavy atom. The zero-order valence-corrected chi connectivity index (χ0v) is 23.8. The molecule has 0 aliphatic carbocycles. The second-order valence-electron chi connectivity index (χ2n) is 8.47. The monoisotopic (exact) mass is 585 g/mol. The first-order valence-corrected chi connectivity index (χ1v) is 13.4. The summed E-state index contributed by atoms with van der Waals surface area (Å²) in [6.07, 6.45) is 3.00. The molecule has 3 aromatic carbocycles. The molecule has 1 heterocycles. The standard InChI is InChI=1S/C31H27N3O7S/c1-38-26-16-22(17-27(39-2)28(26)40-3)31(37)41-23-13-11-20(12-14-23)19-32-34-30(36)25(18-24-10-7-15-42-24)33-29(35)21-8-5-4-6-9-21/h4-19H,1-3H3,(H,33,35)(H,34,36)/b25-18+,32-19-. The SMILES string of the molecule is COc1cc(C(=O)Oc2ccc(/C=N\NC(=O)/C(=C\c3cccs3)NC(=O)c3ccccc3)cc2)cc(OC)c1OC. The Bertz CT molecular complexity index is 1570. The number of ether oxygens (including phenoxy) is 4. The van der Waals surface area contributed by atoms with Crippen LogP contribution in [0.15, 0.2) is 95.0 Å². The summed E-state index contributed by atoms with van der Waals surface area (Å²) in [6.45, 7) is 0. The number of hydrogen-bond acceptors (Lipinski definition) is 9. The minimum absolute atomic E-state index is 0.0394. The normalized spacial score (nSPS) is 11.1. The Labute approximate surface area is 246 Å². The lowest BCUT2D eigenvalue weighted by molar-refractivity contribution is -0.117. The van der Waals surface area contributed by atoms with Crippen molar-refractivity contribution in [2.75, 3.05) is 21.3 Å². The van der Waals surface area contributed by atoms with Gasteiger partial charge in [-0.3, -0.25) is 9.59 Å². The Hall–Kier alpha value is -5.42. The van der Waals surface area contributed by atoms with E-state index >= 15 is 0 Å². The van der Waals surface area contributed by atoms with Gasteiger partial charge in [0, 0.05) is 10.4 Å². The summed E-state index contributed by atoms with van der Waals surface area (Å²) >= 11 is 1.42. The molecular formula is C31H27N3O7S. The number of methoxy groups -OCH3 is 3. The largest absolute Gasteiger partial charge is 0.493 e. The van der Waals surface area contributed by atoms with Gasteiger partial charge >= 0.3 is 5.97 Å². The highest BCUT2D eigenvalue weighted by molar-refractivity contribution is 7.10. The van der Waals surface area contributed by atoms with Gasteiger partial charge in [0.2, 0.25) is 5.75 Å². The van der Waals surface area contributed by atoms with Gasteiger partial charge in [-0.1, -0.05) is 24.3 Å². The van der Waals surface area contributed by atoms with Crippen molar-refractivity contribution in [3.63, 3.8) is 0 Å². The number of nitrogens with zero attached hydrogens (tertiary/aromatic N) is 1. The molecule has 0 aliphatic rings. The van der Waals surface area contributed by atoms with E-state index in [0.717, 1.165) is 4.88 Å². The lowest BCUT2D eigenvalue weighted by Gasteiger charge is -2.13. The first-order chi connectivity index (χ1) is 20.4. The topological polar surface area (TPSA) is 125 Å². The summed E-state index contributed by atoms with van der Waals surface area (Å²) in [5.74, 6) is -0.338. The van der Waals surface area contributed by atoms with Crippen molar-refractivity contribution in [1.82, 2.24) is 10.7 Å². The predicted octanol–water partition coefficient (Wildman–Crippen LogP) is 4.91. The second-order valence-corrected chi connectivity index (χ2v) is 9.44. The van der Waals surface area contributed by atoms with Crippen LogP contribution in [0.5, 0.6) is 23.0 Å². The van der Waals surface area contributed by atoms with Crippen LogP contribution in [0.3, 0.4) is 0 Å². The summed E-state index contributed by atoms with van der Waals surface area (Å²) in [7, 11) is 4.38. The van der Waals surface area contributed by atoms with Gasteiger partial charge in [0.05, 0.1) is 33.1 Å². The van der Waals surface area contributed by atoms with Crippen molar-refractivity contribution in [1.29, 1.82) is 0 Å². The Balaban J connectivity index is 1.40. The average Bonchev–Trinajstić information content (AvgIpc) is 3.54. The smallest absolute Gasteiger partial charge is 0.343 e. The maximum atomic E-state index is 12.9. The molecule has 10 nitrogen and oxygen atoms in total. The molecule has 0 saturated carbocycles. The summed E-state index contributed by atoms with van der Waals surface area (Å²) in [5, 5.41) is 8.52. The minimum atomic E-state index is -0.620. The molecule has 0 atom stereocenters. The quantitative estimate of drug-likeness (QED) is 0.0842. The van der Waals surface area contributed by atoms with E-state index < -0.39 is 17.8 Å². The molecule has 1 aromatic heterocycles. The molecule has 4 rings (SSSR count). The van der Waals surface area contributed by atoms with Crippen molar-refractivity contribution >= 4 is 41.4 Å². The van der Waals surface area contributed by atoms with E-state index in [1.807, 2.05) is 17.5 Å². The number of carbonyl (C=O) groups is 3. The number of hydrogen-bond donors (Lipinski definition) is 2. The van der Waals surface area contributed by atoms with Crippen LogP contribution in [0.4, 0.5) is 0 Å². The molecule has 42 heavy (non-hydrogen) atoms. The molecular weight excluding hydrogens is 558 g/mol. The number of thiophene rings is 1. The number of esters is 1. The Kier molecular flexibility index (Phi) is 10.1. The molecule has 11 heteroatoms. The van der Waals surface area contributed by atoms with Gasteiger partial charge in [0.25, 0.3) is 11.8 Å². The fourth-order valence-corrected chi connectivity index (χ4v) is 4.33. The molecule has 0 radical (unpaired) electrons. The fourth-order valence-electron chi connectivity index (χ4n) is 3.67.